The van der Waals surface area contributed by atoms with E-state index in [4.69, 9.17) is 21.7 Å². The lowest BCUT2D eigenvalue weighted by Crippen LogP contribution is -2.49. The number of ether oxygens (including phenoxy) is 2. The average molecular weight is 581 g/mol. The van der Waals surface area contributed by atoms with Gasteiger partial charge in [-0.3, -0.25) is 25.8 Å². The minimum atomic E-state index is -0.467. The van der Waals surface area contributed by atoms with E-state index in [1.54, 1.807) is 30.3 Å². The van der Waals surface area contributed by atoms with Gasteiger partial charge in [-0.1, -0.05) is 28.1 Å². The number of hydrogen-bond acceptors (Lipinski definition) is 5. The number of amides is 2. The van der Waals surface area contributed by atoms with Crippen LogP contribution in [0.15, 0.2) is 63.5 Å². The summed E-state index contributed by atoms with van der Waals surface area (Å²) in [6, 6.07) is 16.2. The number of carbonyl (C=O) groups excluding carboxylic acids is 2. The summed E-state index contributed by atoms with van der Waals surface area (Å²) in [5.41, 5.74) is 5.27. The van der Waals surface area contributed by atoms with Crippen LogP contribution in [0.5, 0.6) is 11.5 Å². The molecule has 3 N–H and O–H groups in total. The largest absolute Gasteiger partial charge is 0.494 e. The first kappa shape index (κ1) is 24.0. The van der Waals surface area contributed by atoms with Gasteiger partial charge < -0.3 is 9.47 Å². The highest BCUT2D eigenvalue weighted by atomic mass is 79.9. The molecule has 166 valence electrons. The van der Waals surface area contributed by atoms with Gasteiger partial charge in [-0.2, -0.15) is 0 Å². The van der Waals surface area contributed by atoms with Crippen molar-refractivity contribution in [2.75, 3.05) is 13.2 Å². The molecule has 32 heavy (non-hydrogen) atoms. The van der Waals surface area contributed by atoms with Crippen LogP contribution >= 0.6 is 44.1 Å². The lowest BCUT2D eigenvalue weighted by atomic mass is 10.1. The molecule has 3 aromatic carbocycles. The summed E-state index contributed by atoms with van der Waals surface area (Å²) in [6.45, 7) is 2.17. The third-order valence-corrected chi connectivity index (χ3v) is 5.72. The fourth-order valence-corrected chi connectivity index (χ4v) is 3.87. The van der Waals surface area contributed by atoms with E-state index in [1.165, 1.54) is 0 Å². The maximum atomic E-state index is 12.2. The van der Waals surface area contributed by atoms with Crippen LogP contribution in [-0.2, 0) is 4.79 Å². The maximum Gasteiger partial charge on any atom is 0.276 e. The molecule has 2 amide bonds. The molecule has 0 aromatic heterocycles. The third kappa shape index (κ3) is 6.41. The van der Waals surface area contributed by atoms with E-state index in [9.17, 15) is 9.59 Å². The standard InChI is InChI=1S/C22H19Br2N3O4S/c1-2-30-16-7-3-13(4-8-16)21(29)25-22(32)27-26-19(28)12-31-18-10-5-14-11-15(23)6-9-17(14)20(18)24/h3-11H,2,12H2,1H3,(H,26,28)(H2,25,27,29,32). The van der Waals surface area contributed by atoms with Gasteiger partial charge in [-0.15, -0.1) is 0 Å². The van der Waals surface area contributed by atoms with E-state index >= 15 is 0 Å². The molecule has 7 nitrogen and oxygen atoms in total. The van der Waals surface area contributed by atoms with Crippen molar-refractivity contribution in [1.82, 2.24) is 16.2 Å². The molecule has 0 radical (unpaired) electrons. The van der Waals surface area contributed by atoms with Crippen molar-refractivity contribution in [3.05, 3.63) is 69.1 Å². The highest BCUT2D eigenvalue weighted by Gasteiger charge is 2.11. The van der Waals surface area contributed by atoms with Crippen LogP contribution in [0.3, 0.4) is 0 Å². The predicted octanol–water partition coefficient (Wildman–Crippen LogP) is 4.48. The zero-order chi connectivity index (χ0) is 23.1. The molecule has 0 aliphatic rings. The molecule has 0 aliphatic carbocycles. The van der Waals surface area contributed by atoms with Gasteiger partial charge in [-0.05, 0) is 88.3 Å². The minimum absolute atomic E-state index is 0.0466. The second-order valence-electron chi connectivity index (χ2n) is 6.45. The topological polar surface area (TPSA) is 88.7 Å². The second kappa shape index (κ2) is 11.3. The monoisotopic (exact) mass is 579 g/mol. The Morgan fingerprint density at radius 2 is 1.72 bits per heavy atom. The molecule has 0 saturated carbocycles. The Balaban J connectivity index is 1.47. The normalized spacial score (nSPS) is 10.3. The Morgan fingerprint density at radius 1 is 0.969 bits per heavy atom. The molecule has 0 atom stereocenters. The van der Waals surface area contributed by atoms with Crippen molar-refractivity contribution in [2.45, 2.75) is 6.92 Å². The first-order chi connectivity index (χ1) is 15.4. The van der Waals surface area contributed by atoms with Gasteiger partial charge in [0, 0.05) is 10.0 Å². The van der Waals surface area contributed by atoms with Crippen molar-refractivity contribution in [3.63, 3.8) is 0 Å². The molecule has 3 aromatic rings. The second-order valence-corrected chi connectivity index (χ2v) is 8.56. The molecular weight excluding hydrogens is 562 g/mol. The molecule has 0 heterocycles. The number of hydrogen-bond donors (Lipinski definition) is 3. The van der Waals surface area contributed by atoms with Crippen LogP contribution in [0, 0.1) is 0 Å². The van der Waals surface area contributed by atoms with Crippen LogP contribution in [0.4, 0.5) is 0 Å². The van der Waals surface area contributed by atoms with Crippen LogP contribution in [0.1, 0.15) is 17.3 Å². The molecule has 0 saturated heterocycles. The first-order valence-corrected chi connectivity index (χ1v) is 11.5. The van der Waals surface area contributed by atoms with Crippen LogP contribution < -0.4 is 25.6 Å². The Kier molecular flexibility index (Phi) is 8.43. The van der Waals surface area contributed by atoms with Crippen LogP contribution in [-0.4, -0.2) is 30.1 Å². The zero-order valence-corrected chi connectivity index (χ0v) is 20.9. The summed E-state index contributed by atoms with van der Waals surface area (Å²) in [5, 5.41) is 4.42. The Hall–Kier alpha value is -2.69. The summed E-state index contributed by atoms with van der Waals surface area (Å²) in [5.74, 6) is 0.317. The number of benzene rings is 3. The van der Waals surface area contributed by atoms with Gasteiger partial charge in [0.05, 0.1) is 11.1 Å². The number of carbonyl (C=O) groups is 2. The molecule has 10 heteroatoms. The van der Waals surface area contributed by atoms with E-state index in [0.717, 1.165) is 19.7 Å². The molecule has 0 unspecified atom stereocenters. The number of halogens is 2. The van der Waals surface area contributed by atoms with Gasteiger partial charge in [0.1, 0.15) is 11.5 Å². The first-order valence-electron chi connectivity index (χ1n) is 9.51. The summed E-state index contributed by atoms with van der Waals surface area (Å²) in [7, 11) is 0. The number of thiocarbonyl (C=S) groups is 1. The van der Waals surface area contributed by atoms with E-state index in [0.29, 0.717) is 23.7 Å². The highest BCUT2D eigenvalue weighted by molar-refractivity contribution is 9.11. The fourth-order valence-electron chi connectivity index (χ4n) is 2.74. The summed E-state index contributed by atoms with van der Waals surface area (Å²) in [4.78, 5) is 24.3. The summed E-state index contributed by atoms with van der Waals surface area (Å²) in [6.07, 6.45) is 0. The fraction of sp³-hybridized carbons (Fsp3) is 0.136. The van der Waals surface area contributed by atoms with Crippen LogP contribution in [0.2, 0.25) is 0 Å². The quantitative estimate of drug-likeness (QED) is 0.294. The van der Waals surface area contributed by atoms with E-state index < -0.39 is 11.8 Å². The van der Waals surface area contributed by atoms with E-state index in [2.05, 4.69) is 48.0 Å². The average Bonchev–Trinajstić information content (AvgIpc) is 2.78. The predicted molar refractivity (Wildman–Crippen MR) is 134 cm³/mol. The Bertz CT molecular complexity index is 1160. The number of hydrazine groups is 1. The number of rotatable bonds is 6. The summed E-state index contributed by atoms with van der Waals surface area (Å²) < 4.78 is 12.7. The third-order valence-electron chi connectivity index (χ3n) is 4.21. The highest BCUT2D eigenvalue weighted by Crippen LogP contribution is 2.34. The molecule has 3 rings (SSSR count). The molecule has 0 aliphatic heterocycles. The van der Waals surface area contributed by atoms with Gasteiger partial charge in [0.15, 0.2) is 11.7 Å². The number of nitrogens with one attached hydrogen (secondary N) is 3. The van der Waals surface area contributed by atoms with Gasteiger partial charge in [0.2, 0.25) is 0 Å². The Labute approximate surface area is 207 Å². The minimum Gasteiger partial charge on any atom is -0.494 e. The number of fused-ring (bicyclic) bond motifs is 1. The van der Waals surface area contributed by atoms with Crippen molar-refractivity contribution < 1.29 is 19.1 Å². The molecule has 0 fully saturated rings. The van der Waals surface area contributed by atoms with Crippen LogP contribution in [0.25, 0.3) is 10.8 Å². The molecular formula is C22H19Br2N3O4S. The Morgan fingerprint density at radius 3 is 2.44 bits per heavy atom. The van der Waals surface area contributed by atoms with E-state index in [-0.39, 0.29) is 11.7 Å². The van der Waals surface area contributed by atoms with Crippen molar-refractivity contribution in [3.8, 4) is 11.5 Å². The maximum absolute atomic E-state index is 12.2. The smallest absolute Gasteiger partial charge is 0.276 e. The van der Waals surface area contributed by atoms with E-state index in [1.807, 2.05) is 31.2 Å². The van der Waals surface area contributed by atoms with Gasteiger partial charge in [0.25, 0.3) is 11.8 Å². The molecule has 0 spiro atoms. The lowest BCUT2D eigenvalue weighted by Gasteiger charge is -2.13. The lowest BCUT2D eigenvalue weighted by molar-refractivity contribution is -0.123. The SMILES string of the molecule is CCOc1ccc(C(=O)NC(=S)NNC(=O)COc2ccc3cc(Br)ccc3c2Br)cc1. The van der Waals surface area contributed by atoms with Gasteiger partial charge >= 0.3 is 0 Å². The van der Waals surface area contributed by atoms with Gasteiger partial charge in [-0.25, -0.2) is 0 Å². The summed E-state index contributed by atoms with van der Waals surface area (Å²) >= 11 is 12.0. The zero-order valence-electron chi connectivity index (χ0n) is 16.9. The van der Waals surface area contributed by atoms with Crippen molar-refractivity contribution in [1.29, 1.82) is 0 Å². The van der Waals surface area contributed by atoms with Crippen molar-refractivity contribution in [2.24, 2.45) is 0 Å². The molecule has 0 bridgehead atoms. The van der Waals surface area contributed by atoms with Crippen molar-refractivity contribution >= 4 is 71.8 Å².